The summed E-state index contributed by atoms with van der Waals surface area (Å²) in [6, 6.07) is 12.8. The standard InChI is InChI=1S/C16H18N2O/c1-19-14-5-2-4-12(10-14)16-11-13(7-9-18-16)15-6-3-8-17-15/h2,4-5,7,9-11,15,17H,3,6,8H2,1H3. The van der Waals surface area contributed by atoms with Gasteiger partial charge in [-0.05, 0) is 49.2 Å². The Kier molecular flexibility index (Phi) is 3.47. The first-order chi connectivity index (χ1) is 9.36. The maximum atomic E-state index is 5.27. The summed E-state index contributed by atoms with van der Waals surface area (Å²) in [6.07, 6.45) is 4.35. The van der Waals surface area contributed by atoms with Crippen LogP contribution in [0.1, 0.15) is 24.4 Å². The van der Waals surface area contributed by atoms with Crippen LogP contribution in [-0.2, 0) is 0 Å². The lowest BCUT2D eigenvalue weighted by Gasteiger charge is -2.12. The molecule has 3 rings (SSSR count). The van der Waals surface area contributed by atoms with Gasteiger partial charge in [0.15, 0.2) is 0 Å². The van der Waals surface area contributed by atoms with Gasteiger partial charge in [-0.25, -0.2) is 0 Å². The van der Waals surface area contributed by atoms with E-state index in [0.29, 0.717) is 6.04 Å². The molecule has 0 radical (unpaired) electrons. The van der Waals surface area contributed by atoms with Crippen LogP contribution in [0, 0.1) is 0 Å². The molecule has 1 N–H and O–H groups in total. The highest BCUT2D eigenvalue weighted by molar-refractivity contribution is 5.61. The van der Waals surface area contributed by atoms with Gasteiger partial charge in [-0.15, -0.1) is 0 Å². The number of nitrogens with one attached hydrogen (secondary N) is 1. The largest absolute Gasteiger partial charge is 0.497 e. The predicted octanol–water partition coefficient (Wildman–Crippen LogP) is 3.18. The minimum Gasteiger partial charge on any atom is -0.497 e. The first-order valence-electron chi connectivity index (χ1n) is 6.70. The second-order valence-electron chi connectivity index (χ2n) is 4.86. The van der Waals surface area contributed by atoms with E-state index in [-0.39, 0.29) is 0 Å². The molecular formula is C16H18N2O. The summed E-state index contributed by atoms with van der Waals surface area (Å²) in [5.41, 5.74) is 3.43. The summed E-state index contributed by atoms with van der Waals surface area (Å²) in [7, 11) is 1.69. The number of aromatic nitrogens is 1. The highest BCUT2D eigenvalue weighted by Gasteiger charge is 2.16. The number of hydrogen-bond donors (Lipinski definition) is 1. The van der Waals surface area contributed by atoms with Crippen LogP contribution in [0.4, 0.5) is 0 Å². The van der Waals surface area contributed by atoms with Crippen LogP contribution in [0.2, 0.25) is 0 Å². The lowest BCUT2D eigenvalue weighted by atomic mass is 10.0. The molecule has 1 aromatic heterocycles. The van der Waals surface area contributed by atoms with E-state index in [0.717, 1.165) is 23.6 Å². The zero-order valence-electron chi connectivity index (χ0n) is 11.1. The van der Waals surface area contributed by atoms with Gasteiger partial charge in [-0.3, -0.25) is 4.98 Å². The molecule has 1 saturated heterocycles. The Balaban J connectivity index is 1.93. The number of benzene rings is 1. The van der Waals surface area contributed by atoms with Gasteiger partial charge in [-0.2, -0.15) is 0 Å². The summed E-state index contributed by atoms with van der Waals surface area (Å²) in [5.74, 6) is 0.865. The van der Waals surface area contributed by atoms with Crippen LogP contribution in [0.5, 0.6) is 5.75 Å². The second kappa shape index (κ2) is 5.41. The molecule has 3 nitrogen and oxygen atoms in total. The molecule has 1 atom stereocenters. The monoisotopic (exact) mass is 254 g/mol. The van der Waals surface area contributed by atoms with E-state index in [2.05, 4.69) is 28.5 Å². The fourth-order valence-corrected chi connectivity index (χ4v) is 2.57. The molecule has 0 bridgehead atoms. The van der Waals surface area contributed by atoms with E-state index in [9.17, 15) is 0 Å². The third-order valence-electron chi connectivity index (χ3n) is 3.61. The topological polar surface area (TPSA) is 34.1 Å². The third kappa shape index (κ3) is 2.61. The van der Waals surface area contributed by atoms with Crippen molar-refractivity contribution in [3.05, 3.63) is 48.2 Å². The van der Waals surface area contributed by atoms with E-state index in [1.165, 1.54) is 18.4 Å². The molecule has 0 spiro atoms. The fraction of sp³-hybridized carbons (Fsp3) is 0.312. The molecule has 3 heteroatoms. The van der Waals surface area contributed by atoms with Crippen LogP contribution in [0.25, 0.3) is 11.3 Å². The smallest absolute Gasteiger partial charge is 0.119 e. The van der Waals surface area contributed by atoms with Gasteiger partial charge in [0.25, 0.3) is 0 Å². The van der Waals surface area contributed by atoms with Crippen LogP contribution < -0.4 is 10.1 Å². The van der Waals surface area contributed by atoms with Crippen molar-refractivity contribution < 1.29 is 4.74 Å². The molecule has 98 valence electrons. The Morgan fingerprint density at radius 2 is 2.21 bits per heavy atom. The molecule has 2 aromatic rings. The van der Waals surface area contributed by atoms with Gasteiger partial charge < -0.3 is 10.1 Å². The van der Waals surface area contributed by atoms with E-state index < -0.39 is 0 Å². The van der Waals surface area contributed by atoms with E-state index in [4.69, 9.17) is 4.74 Å². The first kappa shape index (κ1) is 12.2. The highest BCUT2D eigenvalue weighted by atomic mass is 16.5. The van der Waals surface area contributed by atoms with Crippen LogP contribution in [-0.4, -0.2) is 18.6 Å². The SMILES string of the molecule is COc1cccc(-c2cc(C3CCCN3)ccn2)c1. The number of ether oxygens (including phenoxy) is 1. The van der Waals surface area contributed by atoms with Crippen molar-refractivity contribution in [3.8, 4) is 17.0 Å². The van der Waals surface area contributed by atoms with E-state index in [1.807, 2.05) is 24.4 Å². The summed E-state index contributed by atoms with van der Waals surface area (Å²) in [6.45, 7) is 1.11. The van der Waals surface area contributed by atoms with Gasteiger partial charge >= 0.3 is 0 Å². The minimum atomic E-state index is 0.479. The molecular weight excluding hydrogens is 236 g/mol. The average Bonchev–Trinajstić information content (AvgIpc) is 3.02. The van der Waals surface area contributed by atoms with Gasteiger partial charge in [0.1, 0.15) is 5.75 Å². The highest BCUT2D eigenvalue weighted by Crippen LogP contribution is 2.27. The maximum Gasteiger partial charge on any atom is 0.119 e. The minimum absolute atomic E-state index is 0.479. The van der Waals surface area contributed by atoms with Gasteiger partial charge in [0, 0.05) is 17.8 Å². The number of pyridine rings is 1. The van der Waals surface area contributed by atoms with Crippen LogP contribution >= 0.6 is 0 Å². The number of rotatable bonds is 3. The van der Waals surface area contributed by atoms with Crippen molar-refractivity contribution in [1.82, 2.24) is 10.3 Å². The molecule has 0 aliphatic carbocycles. The zero-order valence-corrected chi connectivity index (χ0v) is 11.1. The van der Waals surface area contributed by atoms with E-state index in [1.54, 1.807) is 7.11 Å². The molecule has 1 aliphatic rings. The Morgan fingerprint density at radius 3 is 3.00 bits per heavy atom. The lowest BCUT2D eigenvalue weighted by Crippen LogP contribution is -2.12. The Bertz CT molecular complexity index is 562. The summed E-state index contributed by atoms with van der Waals surface area (Å²) < 4.78 is 5.27. The van der Waals surface area contributed by atoms with E-state index >= 15 is 0 Å². The molecule has 2 heterocycles. The first-order valence-corrected chi connectivity index (χ1v) is 6.70. The van der Waals surface area contributed by atoms with Crippen molar-refractivity contribution in [2.45, 2.75) is 18.9 Å². The Labute approximate surface area is 113 Å². The number of nitrogens with zero attached hydrogens (tertiary/aromatic N) is 1. The van der Waals surface area contributed by atoms with Gasteiger partial charge in [-0.1, -0.05) is 12.1 Å². The third-order valence-corrected chi connectivity index (χ3v) is 3.61. The maximum absolute atomic E-state index is 5.27. The summed E-state index contributed by atoms with van der Waals surface area (Å²) in [5, 5.41) is 3.52. The number of methoxy groups -OCH3 is 1. The second-order valence-corrected chi connectivity index (χ2v) is 4.86. The number of hydrogen-bond acceptors (Lipinski definition) is 3. The molecule has 1 unspecified atom stereocenters. The van der Waals surface area contributed by atoms with Crippen molar-refractivity contribution in [1.29, 1.82) is 0 Å². The quantitative estimate of drug-likeness (QED) is 0.913. The van der Waals surface area contributed by atoms with Crippen molar-refractivity contribution in [2.24, 2.45) is 0 Å². The molecule has 0 amide bonds. The van der Waals surface area contributed by atoms with Crippen molar-refractivity contribution >= 4 is 0 Å². The van der Waals surface area contributed by atoms with Crippen molar-refractivity contribution in [2.75, 3.05) is 13.7 Å². The summed E-state index contributed by atoms with van der Waals surface area (Å²) >= 11 is 0. The lowest BCUT2D eigenvalue weighted by molar-refractivity contribution is 0.415. The normalized spacial score (nSPS) is 18.5. The van der Waals surface area contributed by atoms with Gasteiger partial charge in [0.05, 0.1) is 12.8 Å². The Hall–Kier alpha value is -1.87. The Morgan fingerprint density at radius 1 is 1.26 bits per heavy atom. The molecule has 19 heavy (non-hydrogen) atoms. The molecule has 0 saturated carbocycles. The van der Waals surface area contributed by atoms with Crippen LogP contribution in [0.3, 0.4) is 0 Å². The summed E-state index contributed by atoms with van der Waals surface area (Å²) in [4.78, 5) is 4.47. The van der Waals surface area contributed by atoms with Gasteiger partial charge in [0.2, 0.25) is 0 Å². The zero-order chi connectivity index (χ0) is 13.1. The molecule has 1 aliphatic heterocycles. The molecule has 1 aromatic carbocycles. The molecule has 1 fully saturated rings. The van der Waals surface area contributed by atoms with Crippen LogP contribution in [0.15, 0.2) is 42.6 Å². The average molecular weight is 254 g/mol. The predicted molar refractivity (Wildman–Crippen MR) is 76.2 cm³/mol. The van der Waals surface area contributed by atoms with Crippen molar-refractivity contribution in [3.63, 3.8) is 0 Å². The fourth-order valence-electron chi connectivity index (χ4n) is 2.57.